The van der Waals surface area contributed by atoms with E-state index in [1.165, 1.54) is 6.07 Å². The van der Waals surface area contributed by atoms with Crippen LogP contribution in [0.4, 0.5) is 0 Å². The van der Waals surface area contributed by atoms with Gasteiger partial charge < -0.3 is 14.9 Å². The quantitative estimate of drug-likeness (QED) is 0.658. The van der Waals surface area contributed by atoms with Crippen LogP contribution in [0.25, 0.3) is 0 Å². The van der Waals surface area contributed by atoms with E-state index in [0.29, 0.717) is 5.56 Å². The molecule has 1 atom stereocenters. The smallest absolute Gasteiger partial charge is 0.345 e. The number of ether oxygens (including phenoxy) is 1. The zero-order chi connectivity index (χ0) is 11.0. The van der Waals surface area contributed by atoms with Gasteiger partial charge in [0.05, 0.1) is 0 Å². The normalized spacial score (nSPS) is 19.2. The van der Waals surface area contributed by atoms with Crippen molar-refractivity contribution in [2.24, 2.45) is 0 Å². The lowest BCUT2D eigenvalue weighted by Crippen LogP contribution is -2.34. The van der Waals surface area contributed by atoms with Gasteiger partial charge in [0.2, 0.25) is 6.10 Å². The average molecular weight is 208 g/mol. The predicted molar refractivity (Wildman–Crippen MR) is 48.7 cm³/mol. The Bertz CT molecular complexity index is 437. The lowest BCUT2D eigenvalue weighted by atomic mass is 9.98. The number of aliphatic carboxylic acids is 1. The van der Waals surface area contributed by atoms with Gasteiger partial charge in [-0.15, -0.1) is 0 Å². The number of carboxylic acids is 1. The highest BCUT2D eigenvalue weighted by Crippen LogP contribution is 2.27. The third-order valence-corrected chi connectivity index (χ3v) is 2.26. The number of carbonyl (C=O) groups excluding carboxylic acids is 1. The van der Waals surface area contributed by atoms with Gasteiger partial charge >= 0.3 is 11.9 Å². The lowest BCUT2D eigenvalue weighted by molar-refractivity contribution is -0.147. The molecule has 0 aromatic heterocycles. The molecule has 0 bridgehead atoms. The van der Waals surface area contributed by atoms with E-state index in [9.17, 15) is 14.7 Å². The Morgan fingerprint density at radius 2 is 2.20 bits per heavy atom. The minimum atomic E-state index is -1.18. The van der Waals surface area contributed by atoms with Crippen molar-refractivity contribution >= 4 is 11.9 Å². The number of esters is 1. The van der Waals surface area contributed by atoms with Gasteiger partial charge in [-0.25, -0.2) is 9.59 Å². The summed E-state index contributed by atoms with van der Waals surface area (Å²) in [6.07, 6.45) is -1.07. The molecule has 15 heavy (non-hydrogen) atoms. The Kier molecular flexibility index (Phi) is 2.07. The zero-order valence-electron chi connectivity index (χ0n) is 7.64. The van der Waals surface area contributed by atoms with Crippen molar-refractivity contribution in [1.82, 2.24) is 0 Å². The number of aromatic hydroxyl groups is 1. The van der Waals surface area contributed by atoms with Gasteiger partial charge in [-0.1, -0.05) is 12.1 Å². The number of phenolic OH excluding ortho intramolecular Hbond substituents is 1. The molecule has 0 saturated heterocycles. The molecule has 78 valence electrons. The van der Waals surface area contributed by atoms with E-state index in [4.69, 9.17) is 5.11 Å². The number of rotatable bonds is 1. The molecule has 1 aromatic rings. The summed E-state index contributed by atoms with van der Waals surface area (Å²) in [4.78, 5) is 22.0. The van der Waals surface area contributed by atoms with E-state index >= 15 is 0 Å². The molecule has 5 nitrogen and oxygen atoms in total. The molecule has 0 radical (unpaired) electrons. The first-order valence-electron chi connectivity index (χ1n) is 4.34. The number of phenols is 1. The first-order chi connectivity index (χ1) is 7.09. The molecule has 0 saturated carbocycles. The van der Waals surface area contributed by atoms with Crippen LogP contribution in [0.1, 0.15) is 15.9 Å². The first kappa shape index (κ1) is 9.51. The molecular weight excluding hydrogens is 200 g/mol. The summed E-state index contributed by atoms with van der Waals surface area (Å²) in [7, 11) is 0. The van der Waals surface area contributed by atoms with Crippen molar-refractivity contribution in [1.29, 1.82) is 0 Å². The molecule has 0 aliphatic carbocycles. The number of carboxylic acid groups (broad SMARTS) is 1. The summed E-state index contributed by atoms with van der Waals surface area (Å²) >= 11 is 0. The highest BCUT2D eigenvalue weighted by molar-refractivity contribution is 5.97. The molecule has 0 fully saturated rings. The number of cyclic esters (lactones) is 1. The third kappa shape index (κ3) is 1.52. The van der Waals surface area contributed by atoms with Gasteiger partial charge in [-0.2, -0.15) is 0 Å². The molecule has 2 N–H and O–H groups in total. The summed E-state index contributed by atoms with van der Waals surface area (Å²) in [5.74, 6) is -2.15. The van der Waals surface area contributed by atoms with Crippen LogP contribution in [0, 0.1) is 0 Å². The maximum absolute atomic E-state index is 11.4. The number of hydrogen-bond acceptors (Lipinski definition) is 4. The SMILES string of the molecule is O=C1OC(C(=O)O)Cc2cccc(O)c21. The van der Waals surface area contributed by atoms with Gasteiger partial charge in [-0.3, -0.25) is 0 Å². The fourth-order valence-electron chi connectivity index (χ4n) is 1.56. The maximum Gasteiger partial charge on any atom is 0.345 e. The second kappa shape index (κ2) is 3.27. The Balaban J connectivity index is 2.45. The Morgan fingerprint density at radius 3 is 2.87 bits per heavy atom. The van der Waals surface area contributed by atoms with Gasteiger partial charge in [0.1, 0.15) is 11.3 Å². The third-order valence-electron chi connectivity index (χ3n) is 2.26. The molecular formula is C10H8O5. The molecule has 1 unspecified atom stereocenters. The lowest BCUT2D eigenvalue weighted by Gasteiger charge is -2.21. The van der Waals surface area contributed by atoms with E-state index in [1.807, 2.05) is 0 Å². The highest BCUT2D eigenvalue weighted by atomic mass is 16.6. The van der Waals surface area contributed by atoms with Gasteiger partial charge in [-0.05, 0) is 11.6 Å². The van der Waals surface area contributed by atoms with Crippen molar-refractivity contribution in [2.75, 3.05) is 0 Å². The standard InChI is InChI=1S/C10H8O5/c11-6-3-1-2-5-4-7(9(12)13)15-10(14)8(5)6/h1-3,7,11H,4H2,(H,12,13). The molecule has 0 spiro atoms. The van der Waals surface area contributed by atoms with E-state index in [-0.39, 0.29) is 17.7 Å². The summed E-state index contributed by atoms with van der Waals surface area (Å²) in [6, 6.07) is 4.53. The van der Waals surface area contributed by atoms with Crippen molar-refractivity contribution in [3.63, 3.8) is 0 Å². The van der Waals surface area contributed by atoms with Crippen molar-refractivity contribution in [3.8, 4) is 5.75 Å². The van der Waals surface area contributed by atoms with Crippen LogP contribution in [-0.2, 0) is 16.0 Å². The Morgan fingerprint density at radius 1 is 1.47 bits per heavy atom. The van der Waals surface area contributed by atoms with Crippen LogP contribution in [0.5, 0.6) is 5.75 Å². The van der Waals surface area contributed by atoms with Crippen molar-refractivity contribution in [2.45, 2.75) is 12.5 Å². The molecule has 5 heteroatoms. The van der Waals surface area contributed by atoms with E-state index in [1.54, 1.807) is 12.1 Å². The first-order valence-corrected chi connectivity index (χ1v) is 4.34. The van der Waals surface area contributed by atoms with Gasteiger partial charge in [0, 0.05) is 6.42 Å². The maximum atomic E-state index is 11.4. The number of carbonyl (C=O) groups is 2. The van der Waals surface area contributed by atoms with Crippen molar-refractivity contribution in [3.05, 3.63) is 29.3 Å². The second-order valence-electron chi connectivity index (χ2n) is 3.25. The highest BCUT2D eigenvalue weighted by Gasteiger charge is 2.32. The minimum Gasteiger partial charge on any atom is -0.507 e. The Hall–Kier alpha value is -2.04. The molecule has 1 aliphatic rings. The van der Waals surface area contributed by atoms with E-state index < -0.39 is 18.0 Å². The number of benzene rings is 1. The molecule has 2 rings (SSSR count). The van der Waals surface area contributed by atoms with Crippen LogP contribution in [0.3, 0.4) is 0 Å². The van der Waals surface area contributed by atoms with Crippen LogP contribution >= 0.6 is 0 Å². The number of fused-ring (bicyclic) bond motifs is 1. The fourth-order valence-corrected chi connectivity index (χ4v) is 1.56. The van der Waals surface area contributed by atoms with Crippen LogP contribution in [-0.4, -0.2) is 28.3 Å². The average Bonchev–Trinajstić information content (AvgIpc) is 2.17. The van der Waals surface area contributed by atoms with Gasteiger partial charge in [0.25, 0.3) is 0 Å². The monoisotopic (exact) mass is 208 g/mol. The van der Waals surface area contributed by atoms with Crippen molar-refractivity contribution < 1.29 is 24.5 Å². The summed E-state index contributed by atoms with van der Waals surface area (Å²) in [5.41, 5.74) is 0.564. The summed E-state index contributed by atoms with van der Waals surface area (Å²) in [6.45, 7) is 0. The molecule has 1 aromatic carbocycles. The fraction of sp³-hybridized carbons (Fsp3) is 0.200. The molecule has 0 amide bonds. The number of hydrogen-bond donors (Lipinski definition) is 2. The van der Waals surface area contributed by atoms with E-state index in [2.05, 4.69) is 4.74 Å². The topological polar surface area (TPSA) is 83.8 Å². The second-order valence-corrected chi connectivity index (χ2v) is 3.25. The van der Waals surface area contributed by atoms with Crippen LogP contribution < -0.4 is 0 Å². The summed E-state index contributed by atoms with van der Waals surface area (Å²) < 4.78 is 4.66. The predicted octanol–water partition coefficient (Wildman–Crippen LogP) is 0.558. The van der Waals surface area contributed by atoms with Crippen LogP contribution in [0.15, 0.2) is 18.2 Å². The Labute approximate surface area is 84.9 Å². The van der Waals surface area contributed by atoms with E-state index in [0.717, 1.165) is 0 Å². The van der Waals surface area contributed by atoms with Gasteiger partial charge in [0.15, 0.2) is 0 Å². The summed E-state index contributed by atoms with van der Waals surface area (Å²) in [5, 5.41) is 18.1. The minimum absolute atomic E-state index is 0.0648. The zero-order valence-corrected chi connectivity index (χ0v) is 7.64. The molecule has 1 aliphatic heterocycles. The molecule has 1 heterocycles. The largest absolute Gasteiger partial charge is 0.507 e. The van der Waals surface area contributed by atoms with Crippen LogP contribution in [0.2, 0.25) is 0 Å².